The van der Waals surface area contributed by atoms with Crippen molar-refractivity contribution in [3.05, 3.63) is 134 Å². The van der Waals surface area contributed by atoms with E-state index in [9.17, 15) is 33.9 Å². The molecule has 1 aliphatic heterocycles. The number of aromatic nitrogens is 3. The van der Waals surface area contributed by atoms with Gasteiger partial charge in [0.2, 0.25) is 11.8 Å². The van der Waals surface area contributed by atoms with Crippen LogP contribution < -0.4 is 31.9 Å². The molecule has 2 aromatic carbocycles. The molecule has 0 spiro atoms. The zero-order chi connectivity index (χ0) is 33.0. The number of primary amides is 1. The molecule has 5 N–H and O–H groups in total. The summed E-state index contributed by atoms with van der Waals surface area (Å²) in [5, 5.41) is 12.6. The average Bonchev–Trinajstić information content (AvgIpc) is 3.03. The first-order chi connectivity index (χ1) is 22.1. The van der Waals surface area contributed by atoms with Crippen LogP contribution in [0.5, 0.6) is 11.6 Å². The van der Waals surface area contributed by atoms with E-state index in [1.807, 2.05) is 0 Å². The van der Waals surface area contributed by atoms with Gasteiger partial charge in [0.05, 0.1) is 18.5 Å². The summed E-state index contributed by atoms with van der Waals surface area (Å²) >= 11 is 0. The summed E-state index contributed by atoms with van der Waals surface area (Å²) in [6.45, 7) is 0. The van der Waals surface area contributed by atoms with Gasteiger partial charge < -0.3 is 15.6 Å². The predicted octanol–water partition coefficient (Wildman–Crippen LogP) is 2.04. The lowest BCUT2D eigenvalue weighted by molar-refractivity contribution is -0.122. The second-order valence-corrected chi connectivity index (χ2v) is 9.62. The molecule has 0 saturated carbocycles. The van der Waals surface area contributed by atoms with Crippen LogP contribution in [0.3, 0.4) is 0 Å². The Hall–Kier alpha value is -6.83. The fourth-order valence-electron chi connectivity index (χ4n) is 4.52. The van der Waals surface area contributed by atoms with E-state index >= 15 is 0 Å². The average molecular weight is 621 g/mol. The van der Waals surface area contributed by atoms with Gasteiger partial charge in [-0.1, -0.05) is 24.3 Å². The number of nitrogens with one attached hydrogen (secondary N) is 2. The van der Waals surface area contributed by atoms with E-state index in [4.69, 9.17) is 10.5 Å². The van der Waals surface area contributed by atoms with Crippen LogP contribution in [-0.4, -0.2) is 50.5 Å². The smallest absolute Gasteiger partial charge is 0.335 e. The molecule has 1 saturated heterocycles. The Bertz CT molecular complexity index is 2110. The van der Waals surface area contributed by atoms with Crippen LogP contribution in [-0.2, 0) is 9.59 Å². The maximum absolute atomic E-state index is 13.4. The molecule has 1 fully saturated rings. The van der Waals surface area contributed by atoms with Gasteiger partial charge in [-0.2, -0.15) is 0 Å². The maximum Gasteiger partial charge on any atom is 0.335 e. The molecule has 0 aliphatic carbocycles. The molecular formula is C32H24N6O8. The van der Waals surface area contributed by atoms with Crippen LogP contribution in [0.4, 0.5) is 10.5 Å². The molecule has 2 aromatic heterocycles. The number of nitrogens with two attached hydrogens (primary N) is 1. The van der Waals surface area contributed by atoms with Crippen molar-refractivity contribution in [2.24, 2.45) is 5.73 Å². The van der Waals surface area contributed by atoms with Crippen LogP contribution in [0.15, 0.2) is 106 Å². The highest BCUT2D eigenvalue weighted by atomic mass is 16.5. The molecule has 1 aliphatic rings. The second kappa shape index (κ2) is 12.8. The molecule has 5 rings (SSSR count). The van der Waals surface area contributed by atoms with Gasteiger partial charge in [-0.15, -0.1) is 0 Å². The van der Waals surface area contributed by atoms with Crippen molar-refractivity contribution in [1.82, 2.24) is 19.9 Å². The Morgan fingerprint density at radius 1 is 0.957 bits per heavy atom. The lowest BCUT2D eigenvalue weighted by Crippen LogP contribution is -2.54. The Morgan fingerprint density at radius 3 is 2.39 bits per heavy atom. The number of pyridine rings is 1. The van der Waals surface area contributed by atoms with Gasteiger partial charge in [0.25, 0.3) is 17.4 Å². The van der Waals surface area contributed by atoms with Crippen molar-refractivity contribution in [3.8, 4) is 17.3 Å². The zero-order valence-electron chi connectivity index (χ0n) is 24.0. The number of hydrogen-bond donors (Lipinski definition) is 4. The lowest BCUT2D eigenvalue weighted by Gasteiger charge is -2.26. The quantitative estimate of drug-likeness (QED) is 0.129. The molecule has 14 heteroatoms. The fourth-order valence-corrected chi connectivity index (χ4v) is 4.52. The van der Waals surface area contributed by atoms with Crippen LogP contribution in [0.2, 0.25) is 0 Å². The topological polar surface area (TPSA) is 207 Å². The standard InChI is InChI=1S/C32H24N6O8/c1-46-23-7-3-6-22(17-23)38-30(43)25(28(41)36-32(38)45)11-9-18(19-12-14-34-15-13-19)8-10-24-27(40)35-31(44)37(29(24)42)21-5-2-4-20(16-21)26(33)39/h2-17,41H,1H3,(H2,33,39)(H,36,45)(H,35,40,44)/b11-9?,18-8?,24-10+. The van der Waals surface area contributed by atoms with Gasteiger partial charge in [-0.25, -0.2) is 19.1 Å². The lowest BCUT2D eigenvalue weighted by atomic mass is 10.0. The van der Waals surface area contributed by atoms with E-state index in [0.717, 1.165) is 4.57 Å². The van der Waals surface area contributed by atoms with Gasteiger partial charge >= 0.3 is 11.7 Å². The van der Waals surface area contributed by atoms with Crippen molar-refractivity contribution in [2.75, 3.05) is 12.0 Å². The van der Waals surface area contributed by atoms with Crippen LogP contribution in [0.1, 0.15) is 21.5 Å². The Kier molecular flexibility index (Phi) is 8.53. The number of benzene rings is 2. The van der Waals surface area contributed by atoms with Crippen LogP contribution >= 0.6 is 0 Å². The Morgan fingerprint density at radius 2 is 1.67 bits per heavy atom. The molecule has 0 bridgehead atoms. The van der Waals surface area contributed by atoms with E-state index < -0.39 is 46.5 Å². The summed E-state index contributed by atoms with van der Waals surface area (Å²) < 4.78 is 6.00. The van der Waals surface area contributed by atoms with Crippen molar-refractivity contribution in [3.63, 3.8) is 0 Å². The molecule has 0 radical (unpaired) electrons. The SMILES string of the molecule is COc1cccc(-n2c(=O)[nH]c(O)c(C=CC(=C/C=C3\C(=O)NC(=O)N(c4cccc(C(N)=O)c4)C3=O)c3ccncc3)c2=O)c1. The summed E-state index contributed by atoms with van der Waals surface area (Å²) in [6.07, 6.45) is 8.21. The number of aromatic hydroxyl groups is 1. The zero-order valence-corrected chi connectivity index (χ0v) is 24.0. The van der Waals surface area contributed by atoms with E-state index in [2.05, 4.69) is 15.3 Å². The molecule has 230 valence electrons. The van der Waals surface area contributed by atoms with Gasteiger partial charge in [0.1, 0.15) is 16.9 Å². The highest BCUT2D eigenvalue weighted by molar-refractivity contribution is 6.37. The number of amides is 5. The number of H-pyrrole nitrogens is 1. The third-order valence-electron chi connectivity index (χ3n) is 6.79. The Balaban J connectivity index is 1.57. The monoisotopic (exact) mass is 620 g/mol. The highest BCUT2D eigenvalue weighted by Crippen LogP contribution is 2.24. The molecule has 14 nitrogen and oxygen atoms in total. The number of barbiturate groups is 1. The number of allylic oxidation sites excluding steroid dienone is 4. The number of carbonyl (C=O) groups excluding carboxylic acids is 4. The minimum Gasteiger partial charge on any atom is -0.497 e. The third-order valence-corrected chi connectivity index (χ3v) is 6.79. The van der Waals surface area contributed by atoms with E-state index in [1.165, 1.54) is 80.2 Å². The predicted molar refractivity (Wildman–Crippen MR) is 166 cm³/mol. The van der Waals surface area contributed by atoms with E-state index in [-0.39, 0.29) is 22.5 Å². The largest absolute Gasteiger partial charge is 0.497 e. The number of carbonyl (C=O) groups is 4. The summed E-state index contributed by atoms with van der Waals surface area (Å²) in [5.41, 5.74) is 4.03. The van der Waals surface area contributed by atoms with Gasteiger partial charge in [-0.05, 0) is 65.8 Å². The number of ether oxygens (including phenoxy) is 1. The highest BCUT2D eigenvalue weighted by Gasteiger charge is 2.36. The summed E-state index contributed by atoms with van der Waals surface area (Å²) in [6, 6.07) is 13.9. The number of aromatic amines is 1. The number of methoxy groups -OCH3 is 1. The van der Waals surface area contributed by atoms with Gasteiger partial charge in [-0.3, -0.25) is 34.5 Å². The molecule has 46 heavy (non-hydrogen) atoms. The normalized spacial score (nSPS) is 14.5. The number of nitrogens with zero attached hydrogens (tertiary/aromatic N) is 3. The second-order valence-electron chi connectivity index (χ2n) is 9.62. The number of rotatable bonds is 8. The third kappa shape index (κ3) is 6.12. The van der Waals surface area contributed by atoms with Crippen LogP contribution in [0.25, 0.3) is 17.3 Å². The van der Waals surface area contributed by atoms with Crippen LogP contribution in [0, 0.1) is 0 Å². The summed E-state index contributed by atoms with van der Waals surface area (Å²) in [5.74, 6) is -3.01. The number of urea groups is 1. The van der Waals surface area contributed by atoms with Crippen molar-refractivity contribution in [1.29, 1.82) is 0 Å². The van der Waals surface area contributed by atoms with E-state index in [0.29, 0.717) is 21.8 Å². The molecule has 0 atom stereocenters. The van der Waals surface area contributed by atoms with Gasteiger partial charge in [0.15, 0.2) is 0 Å². The number of anilines is 1. The van der Waals surface area contributed by atoms with Crippen molar-refractivity contribution in [2.45, 2.75) is 0 Å². The summed E-state index contributed by atoms with van der Waals surface area (Å²) in [4.78, 5) is 83.4. The number of hydrogen-bond acceptors (Lipinski definition) is 9. The van der Waals surface area contributed by atoms with Crippen molar-refractivity contribution >= 4 is 41.1 Å². The van der Waals surface area contributed by atoms with Gasteiger partial charge in [0, 0.05) is 24.0 Å². The maximum atomic E-state index is 13.4. The minimum absolute atomic E-state index is 0.0105. The fraction of sp³-hybridized carbons (Fsp3) is 0.0312. The first-order valence-electron chi connectivity index (χ1n) is 13.4. The molecule has 5 amide bonds. The molecule has 3 heterocycles. The number of imide groups is 2. The first kappa shape index (κ1) is 30.6. The minimum atomic E-state index is -1.02. The van der Waals surface area contributed by atoms with Crippen molar-refractivity contribution < 1.29 is 29.0 Å². The molecule has 4 aromatic rings. The molecular weight excluding hydrogens is 596 g/mol. The summed E-state index contributed by atoms with van der Waals surface area (Å²) in [7, 11) is 1.43. The van der Waals surface area contributed by atoms with E-state index in [1.54, 1.807) is 24.3 Å². The first-order valence-corrected chi connectivity index (χ1v) is 13.4. The molecule has 0 unspecified atom stereocenters. The Labute approximate surface area is 259 Å².